The fraction of sp³-hybridized carbons (Fsp3) is 0.667. The Balaban J connectivity index is 3.07. The van der Waals surface area contributed by atoms with Crippen molar-refractivity contribution in [3.05, 3.63) is 12.2 Å². The highest BCUT2D eigenvalue weighted by molar-refractivity contribution is 9.09. The van der Waals surface area contributed by atoms with Gasteiger partial charge in [0.15, 0.2) is 0 Å². The summed E-state index contributed by atoms with van der Waals surface area (Å²) in [7, 11) is 0. The van der Waals surface area contributed by atoms with Crippen LogP contribution < -0.4 is 0 Å². The third-order valence-electron chi connectivity index (χ3n) is 2.70. The van der Waals surface area contributed by atoms with Crippen LogP contribution in [0.1, 0.15) is 6.42 Å². The SMILES string of the molecule is O=C(O)C1(CO)C=CC(Br)C(O)(CO)C1. The van der Waals surface area contributed by atoms with Crippen LogP contribution in [0.5, 0.6) is 0 Å². The summed E-state index contributed by atoms with van der Waals surface area (Å²) in [5.41, 5.74) is -3.07. The molecule has 0 aromatic rings. The lowest BCUT2D eigenvalue weighted by Crippen LogP contribution is -2.52. The van der Waals surface area contributed by atoms with E-state index in [9.17, 15) is 9.90 Å². The number of carboxylic acids is 1. The third kappa shape index (κ3) is 2.08. The second-order valence-electron chi connectivity index (χ2n) is 3.82. The lowest BCUT2D eigenvalue weighted by molar-refractivity contribution is -0.154. The van der Waals surface area contributed by atoms with E-state index in [0.717, 1.165) is 0 Å². The van der Waals surface area contributed by atoms with Gasteiger partial charge in [0.1, 0.15) is 11.0 Å². The third-order valence-corrected chi connectivity index (χ3v) is 3.86. The molecule has 1 rings (SSSR count). The summed E-state index contributed by atoms with van der Waals surface area (Å²) >= 11 is 3.13. The number of rotatable bonds is 3. The maximum Gasteiger partial charge on any atom is 0.315 e. The van der Waals surface area contributed by atoms with Crippen LogP contribution in [0.4, 0.5) is 0 Å². The summed E-state index contributed by atoms with van der Waals surface area (Å²) in [6.07, 6.45) is 2.55. The van der Waals surface area contributed by atoms with E-state index in [2.05, 4.69) is 15.9 Å². The van der Waals surface area contributed by atoms with Crippen molar-refractivity contribution in [2.45, 2.75) is 16.8 Å². The zero-order chi connectivity index (χ0) is 11.7. The Bertz CT molecular complexity index is 292. The normalized spacial score (nSPS) is 40.4. The second-order valence-corrected chi connectivity index (χ2v) is 4.81. The first-order valence-corrected chi connectivity index (χ1v) is 5.33. The van der Waals surface area contributed by atoms with Gasteiger partial charge in [0.2, 0.25) is 0 Å². The van der Waals surface area contributed by atoms with Gasteiger partial charge in [-0.3, -0.25) is 4.79 Å². The molecular formula is C9H13BrO5. The van der Waals surface area contributed by atoms with Crippen LogP contribution in [0.15, 0.2) is 12.2 Å². The van der Waals surface area contributed by atoms with Crippen LogP contribution >= 0.6 is 15.9 Å². The van der Waals surface area contributed by atoms with E-state index in [1.807, 2.05) is 0 Å². The van der Waals surface area contributed by atoms with Gasteiger partial charge in [0.25, 0.3) is 0 Å². The average Bonchev–Trinajstić information content (AvgIpc) is 2.22. The first kappa shape index (κ1) is 12.6. The van der Waals surface area contributed by atoms with E-state index in [1.165, 1.54) is 12.2 Å². The highest BCUT2D eigenvalue weighted by Crippen LogP contribution is 2.39. The van der Waals surface area contributed by atoms with Gasteiger partial charge < -0.3 is 20.4 Å². The van der Waals surface area contributed by atoms with Crippen LogP contribution in [-0.2, 0) is 4.79 Å². The lowest BCUT2D eigenvalue weighted by atomic mass is 9.72. The minimum atomic E-state index is -1.56. The fourth-order valence-corrected chi connectivity index (χ4v) is 2.08. The Morgan fingerprint density at radius 3 is 2.47 bits per heavy atom. The molecule has 3 unspecified atom stereocenters. The predicted molar refractivity (Wildman–Crippen MR) is 55.7 cm³/mol. The van der Waals surface area contributed by atoms with Crippen LogP contribution in [0.25, 0.3) is 0 Å². The smallest absolute Gasteiger partial charge is 0.315 e. The highest BCUT2D eigenvalue weighted by Gasteiger charge is 2.49. The summed E-state index contributed by atoms with van der Waals surface area (Å²) in [6.45, 7) is -1.18. The van der Waals surface area contributed by atoms with Crippen molar-refractivity contribution in [1.29, 1.82) is 0 Å². The first-order valence-electron chi connectivity index (χ1n) is 4.41. The summed E-state index contributed by atoms with van der Waals surface area (Å²) in [4.78, 5) is 10.5. The van der Waals surface area contributed by atoms with Gasteiger partial charge in [0.05, 0.1) is 18.0 Å². The van der Waals surface area contributed by atoms with Crippen LogP contribution in [0.3, 0.4) is 0 Å². The molecule has 0 aromatic heterocycles. The molecule has 5 nitrogen and oxygen atoms in total. The summed E-state index contributed by atoms with van der Waals surface area (Å²) in [5.74, 6) is -1.22. The number of hydrogen-bond donors (Lipinski definition) is 4. The van der Waals surface area contributed by atoms with E-state index < -0.39 is 35.0 Å². The van der Waals surface area contributed by atoms with Gasteiger partial charge in [0, 0.05) is 6.42 Å². The van der Waals surface area contributed by atoms with Crippen LogP contribution in [0, 0.1) is 5.41 Å². The van der Waals surface area contributed by atoms with Gasteiger partial charge in [-0.1, -0.05) is 28.1 Å². The highest BCUT2D eigenvalue weighted by atomic mass is 79.9. The number of aliphatic hydroxyl groups excluding tert-OH is 2. The largest absolute Gasteiger partial charge is 0.481 e. The summed E-state index contributed by atoms with van der Waals surface area (Å²) < 4.78 is 0. The number of hydrogen-bond acceptors (Lipinski definition) is 4. The Morgan fingerprint density at radius 1 is 1.47 bits per heavy atom. The minimum absolute atomic E-state index is 0.227. The molecule has 1 aliphatic carbocycles. The van der Waals surface area contributed by atoms with E-state index in [-0.39, 0.29) is 6.42 Å². The van der Waals surface area contributed by atoms with Gasteiger partial charge in [-0.25, -0.2) is 0 Å². The fourth-order valence-electron chi connectivity index (χ4n) is 1.62. The van der Waals surface area contributed by atoms with Crippen molar-refractivity contribution in [3.63, 3.8) is 0 Å². The molecule has 0 saturated carbocycles. The topological polar surface area (TPSA) is 98.0 Å². The Hall–Kier alpha value is -0.430. The summed E-state index contributed by atoms with van der Waals surface area (Å²) in [6, 6.07) is 0. The molecule has 0 fully saturated rings. The van der Waals surface area contributed by atoms with Gasteiger partial charge in [-0.15, -0.1) is 0 Å². The molecule has 86 valence electrons. The molecule has 15 heavy (non-hydrogen) atoms. The van der Waals surface area contributed by atoms with E-state index in [4.69, 9.17) is 15.3 Å². The van der Waals surface area contributed by atoms with Crippen molar-refractivity contribution in [3.8, 4) is 0 Å². The monoisotopic (exact) mass is 280 g/mol. The van der Waals surface area contributed by atoms with Crippen molar-refractivity contribution in [1.82, 2.24) is 0 Å². The molecule has 0 aromatic carbocycles. The zero-order valence-electron chi connectivity index (χ0n) is 7.93. The first-order chi connectivity index (χ1) is 6.90. The molecule has 4 N–H and O–H groups in total. The zero-order valence-corrected chi connectivity index (χ0v) is 9.51. The molecule has 0 bridgehead atoms. The number of carboxylic acid groups (broad SMARTS) is 1. The average molecular weight is 281 g/mol. The molecule has 0 heterocycles. The Kier molecular flexibility index (Phi) is 3.55. The van der Waals surface area contributed by atoms with Crippen molar-refractivity contribution in [2.24, 2.45) is 5.41 Å². The maximum atomic E-state index is 11.0. The van der Waals surface area contributed by atoms with E-state index >= 15 is 0 Å². The maximum absolute atomic E-state index is 11.0. The predicted octanol–water partition coefficient (Wildman–Crippen LogP) is -0.504. The number of aliphatic carboxylic acids is 1. The van der Waals surface area contributed by atoms with Crippen molar-refractivity contribution < 1.29 is 25.2 Å². The van der Waals surface area contributed by atoms with E-state index in [0.29, 0.717) is 0 Å². The van der Waals surface area contributed by atoms with Crippen molar-refractivity contribution >= 4 is 21.9 Å². The van der Waals surface area contributed by atoms with Crippen LogP contribution in [0.2, 0.25) is 0 Å². The molecular weight excluding hydrogens is 268 g/mol. The molecule has 1 aliphatic rings. The van der Waals surface area contributed by atoms with Crippen LogP contribution in [-0.4, -0.2) is 50.0 Å². The van der Waals surface area contributed by atoms with Gasteiger partial charge in [-0.2, -0.15) is 0 Å². The molecule has 0 aliphatic heterocycles. The number of aliphatic hydroxyl groups is 3. The molecule has 6 heteroatoms. The van der Waals surface area contributed by atoms with E-state index in [1.54, 1.807) is 0 Å². The van der Waals surface area contributed by atoms with Crippen molar-refractivity contribution in [2.75, 3.05) is 13.2 Å². The molecule has 3 atom stereocenters. The Morgan fingerprint density at radius 2 is 2.07 bits per heavy atom. The molecule has 0 saturated heterocycles. The summed E-state index contributed by atoms with van der Waals surface area (Å²) in [5, 5.41) is 37.1. The number of halogens is 1. The van der Waals surface area contributed by atoms with Gasteiger partial charge in [-0.05, 0) is 0 Å². The number of alkyl halides is 1. The number of carbonyl (C=O) groups is 1. The molecule has 0 radical (unpaired) electrons. The second kappa shape index (κ2) is 4.21. The standard InChI is InChI=1S/C9H13BrO5/c10-6-1-2-8(4-11,7(13)14)3-9(6,15)5-12/h1-2,6,11-12,15H,3-5H2,(H,13,14). The molecule has 0 amide bonds. The lowest BCUT2D eigenvalue weighted by Gasteiger charge is -2.40. The minimum Gasteiger partial charge on any atom is -0.481 e. The van der Waals surface area contributed by atoms with Gasteiger partial charge >= 0.3 is 5.97 Å². The Labute approximate surface area is 95.2 Å². The molecule has 0 spiro atoms. The quantitative estimate of drug-likeness (QED) is 0.413.